The second-order valence-electron chi connectivity index (χ2n) is 5.46. The van der Waals surface area contributed by atoms with Crippen LogP contribution in [0.5, 0.6) is 0 Å². The lowest BCUT2D eigenvalue weighted by Gasteiger charge is -2.38. The summed E-state index contributed by atoms with van der Waals surface area (Å²) in [5, 5.41) is 10.5. The Morgan fingerprint density at radius 3 is 2.18 bits per heavy atom. The van der Waals surface area contributed by atoms with Crippen LogP contribution < -0.4 is 0 Å². The summed E-state index contributed by atoms with van der Waals surface area (Å²) in [7, 11) is 0. The standard InChI is InChI=1S/C15H30O2/c1-4-15(5-2,17-6-3)14(16)12-13-10-8-7-9-11-13/h13-14,16H,4-12H2,1-3H3. The Morgan fingerprint density at radius 1 is 1.12 bits per heavy atom. The minimum atomic E-state index is -0.299. The Balaban J connectivity index is 2.53. The van der Waals surface area contributed by atoms with Crippen molar-refractivity contribution in [1.29, 1.82) is 0 Å². The molecule has 2 nitrogen and oxygen atoms in total. The monoisotopic (exact) mass is 242 g/mol. The molecule has 17 heavy (non-hydrogen) atoms. The lowest BCUT2D eigenvalue weighted by molar-refractivity contribution is -0.132. The molecule has 1 rings (SSSR count). The maximum Gasteiger partial charge on any atom is 0.0934 e. The van der Waals surface area contributed by atoms with Gasteiger partial charge < -0.3 is 9.84 Å². The van der Waals surface area contributed by atoms with Crippen molar-refractivity contribution in [1.82, 2.24) is 0 Å². The van der Waals surface area contributed by atoms with Gasteiger partial charge in [-0.25, -0.2) is 0 Å². The molecule has 0 aromatic rings. The highest BCUT2D eigenvalue weighted by Crippen LogP contribution is 2.33. The Hall–Kier alpha value is -0.0800. The van der Waals surface area contributed by atoms with Crippen LogP contribution in [0.25, 0.3) is 0 Å². The van der Waals surface area contributed by atoms with Gasteiger partial charge in [0.15, 0.2) is 0 Å². The first-order valence-corrected chi connectivity index (χ1v) is 7.50. The largest absolute Gasteiger partial charge is 0.390 e. The molecule has 0 aliphatic heterocycles. The first kappa shape index (κ1) is 15.0. The fraction of sp³-hybridized carbons (Fsp3) is 1.00. The van der Waals surface area contributed by atoms with Crippen LogP contribution in [-0.2, 0) is 4.74 Å². The maximum absolute atomic E-state index is 10.5. The van der Waals surface area contributed by atoms with E-state index in [2.05, 4.69) is 13.8 Å². The van der Waals surface area contributed by atoms with E-state index in [1.165, 1.54) is 32.1 Å². The average Bonchev–Trinajstić information content (AvgIpc) is 2.37. The van der Waals surface area contributed by atoms with Gasteiger partial charge in [0.25, 0.3) is 0 Å². The van der Waals surface area contributed by atoms with Crippen LogP contribution in [0.2, 0.25) is 0 Å². The number of rotatable bonds is 7. The smallest absolute Gasteiger partial charge is 0.0934 e. The van der Waals surface area contributed by atoms with Crippen molar-refractivity contribution in [3.63, 3.8) is 0 Å². The summed E-state index contributed by atoms with van der Waals surface area (Å²) in [4.78, 5) is 0. The van der Waals surface area contributed by atoms with E-state index in [0.717, 1.165) is 25.2 Å². The van der Waals surface area contributed by atoms with Gasteiger partial charge in [-0.2, -0.15) is 0 Å². The Labute approximate surface area is 107 Å². The molecule has 1 aliphatic rings. The maximum atomic E-state index is 10.5. The topological polar surface area (TPSA) is 29.5 Å². The van der Waals surface area contributed by atoms with Gasteiger partial charge in [0, 0.05) is 6.61 Å². The van der Waals surface area contributed by atoms with Crippen LogP contribution >= 0.6 is 0 Å². The van der Waals surface area contributed by atoms with Crippen molar-refractivity contribution in [2.24, 2.45) is 5.92 Å². The third-order valence-corrected chi connectivity index (χ3v) is 4.52. The van der Waals surface area contributed by atoms with E-state index in [9.17, 15) is 5.11 Å². The van der Waals surface area contributed by atoms with Crippen LogP contribution in [0.4, 0.5) is 0 Å². The van der Waals surface area contributed by atoms with Crippen molar-refractivity contribution in [2.45, 2.75) is 83.8 Å². The summed E-state index contributed by atoms with van der Waals surface area (Å²) >= 11 is 0. The molecule has 0 saturated heterocycles. The van der Waals surface area contributed by atoms with Crippen LogP contribution in [0.3, 0.4) is 0 Å². The molecule has 1 aliphatic carbocycles. The second-order valence-corrected chi connectivity index (χ2v) is 5.46. The molecule has 0 bridgehead atoms. The summed E-state index contributed by atoms with van der Waals surface area (Å²) in [6.45, 7) is 6.98. The predicted molar refractivity (Wildman–Crippen MR) is 72.1 cm³/mol. The van der Waals surface area contributed by atoms with Crippen LogP contribution in [0.15, 0.2) is 0 Å². The van der Waals surface area contributed by atoms with E-state index >= 15 is 0 Å². The van der Waals surface area contributed by atoms with Gasteiger partial charge in [0.2, 0.25) is 0 Å². The van der Waals surface area contributed by atoms with E-state index in [0.29, 0.717) is 6.61 Å². The number of ether oxygens (including phenoxy) is 1. The van der Waals surface area contributed by atoms with Gasteiger partial charge in [0.05, 0.1) is 11.7 Å². The normalized spacial score (nSPS) is 20.5. The van der Waals surface area contributed by atoms with E-state index in [1.807, 2.05) is 6.92 Å². The average molecular weight is 242 g/mol. The van der Waals surface area contributed by atoms with E-state index in [4.69, 9.17) is 4.74 Å². The lowest BCUT2D eigenvalue weighted by Crippen LogP contribution is -2.45. The van der Waals surface area contributed by atoms with Gasteiger partial charge in [0.1, 0.15) is 0 Å². The molecule has 2 heteroatoms. The predicted octanol–water partition coefficient (Wildman–Crippen LogP) is 3.91. The fourth-order valence-electron chi connectivity index (χ4n) is 3.26. The quantitative estimate of drug-likeness (QED) is 0.733. The highest BCUT2D eigenvalue weighted by Gasteiger charge is 2.36. The zero-order valence-corrected chi connectivity index (χ0v) is 11.9. The fourth-order valence-corrected chi connectivity index (χ4v) is 3.26. The van der Waals surface area contributed by atoms with Gasteiger partial charge >= 0.3 is 0 Å². The van der Waals surface area contributed by atoms with Crippen LogP contribution in [-0.4, -0.2) is 23.4 Å². The molecule has 1 unspecified atom stereocenters. The number of hydrogen-bond donors (Lipinski definition) is 1. The summed E-state index contributed by atoms with van der Waals surface area (Å²) in [5.41, 5.74) is -0.299. The minimum absolute atomic E-state index is 0.291. The first-order valence-electron chi connectivity index (χ1n) is 7.50. The van der Waals surface area contributed by atoms with Crippen molar-refractivity contribution in [2.75, 3.05) is 6.61 Å². The second kappa shape index (κ2) is 7.38. The van der Waals surface area contributed by atoms with Crippen LogP contribution in [0.1, 0.15) is 72.1 Å². The molecule has 102 valence electrons. The molecule has 1 fully saturated rings. The van der Waals surface area contributed by atoms with Crippen molar-refractivity contribution in [3.8, 4) is 0 Å². The molecule has 1 N–H and O–H groups in total. The SMILES string of the molecule is CCOC(CC)(CC)C(O)CC1CCCCC1. The molecule has 0 radical (unpaired) electrons. The summed E-state index contributed by atoms with van der Waals surface area (Å²) in [5.74, 6) is 0.719. The summed E-state index contributed by atoms with van der Waals surface area (Å²) in [6.07, 6.45) is 9.12. The highest BCUT2D eigenvalue weighted by molar-refractivity contribution is 4.88. The third kappa shape index (κ3) is 3.96. The highest BCUT2D eigenvalue weighted by atomic mass is 16.5. The number of aliphatic hydroxyl groups excluding tert-OH is 1. The molecule has 0 aromatic carbocycles. The zero-order valence-electron chi connectivity index (χ0n) is 11.9. The molecule has 0 amide bonds. The van der Waals surface area contributed by atoms with Gasteiger partial charge in [-0.3, -0.25) is 0 Å². The molecule has 0 aromatic heterocycles. The summed E-state index contributed by atoms with van der Waals surface area (Å²) < 4.78 is 5.88. The molecular formula is C15H30O2. The summed E-state index contributed by atoms with van der Waals surface area (Å²) in [6, 6.07) is 0. The van der Waals surface area contributed by atoms with Crippen LogP contribution in [0, 0.1) is 5.92 Å². The van der Waals surface area contributed by atoms with Gasteiger partial charge in [-0.1, -0.05) is 46.0 Å². The molecule has 0 heterocycles. The number of aliphatic hydroxyl groups is 1. The van der Waals surface area contributed by atoms with Crippen molar-refractivity contribution < 1.29 is 9.84 Å². The molecule has 0 spiro atoms. The van der Waals surface area contributed by atoms with Gasteiger partial charge in [-0.15, -0.1) is 0 Å². The first-order chi connectivity index (χ1) is 8.18. The Bertz CT molecular complexity index is 193. The molecule has 1 atom stereocenters. The Morgan fingerprint density at radius 2 is 1.71 bits per heavy atom. The minimum Gasteiger partial charge on any atom is -0.390 e. The van der Waals surface area contributed by atoms with E-state index < -0.39 is 0 Å². The lowest BCUT2D eigenvalue weighted by atomic mass is 9.79. The van der Waals surface area contributed by atoms with Crippen molar-refractivity contribution in [3.05, 3.63) is 0 Å². The Kier molecular flexibility index (Phi) is 6.50. The van der Waals surface area contributed by atoms with E-state index in [-0.39, 0.29) is 11.7 Å². The van der Waals surface area contributed by atoms with Crippen molar-refractivity contribution >= 4 is 0 Å². The van der Waals surface area contributed by atoms with E-state index in [1.54, 1.807) is 0 Å². The molecular weight excluding hydrogens is 212 g/mol. The van der Waals surface area contributed by atoms with Gasteiger partial charge in [-0.05, 0) is 32.1 Å². The third-order valence-electron chi connectivity index (χ3n) is 4.52. The number of hydrogen-bond acceptors (Lipinski definition) is 2. The zero-order chi connectivity index (χ0) is 12.7. The molecule has 1 saturated carbocycles.